The number of aryl methyl sites for hydroxylation is 1. The molecule has 142 valence electrons. The minimum absolute atomic E-state index is 0.220. The van der Waals surface area contributed by atoms with Gasteiger partial charge < -0.3 is 10.6 Å². The second kappa shape index (κ2) is 10.4. The average Bonchev–Trinajstić information content (AvgIpc) is 2.53. The van der Waals surface area contributed by atoms with Gasteiger partial charge in [-0.05, 0) is 43.0 Å². The number of hydrogen-bond acceptors (Lipinski definition) is 3. The Labute approximate surface area is 150 Å². The van der Waals surface area contributed by atoms with Crippen molar-refractivity contribution in [1.82, 2.24) is 14.9 Å². The molecule has 25 heavy (non-hydrogen) atoms. The van der Waals surface area contributed by atoms with Gasteiger partial charge in [-0.3, -0.25) is 4.99 Å². The zero-order valence-electron chi connectivity index (χ0n) is 15.5. The molecular weight excluding hydrogens is 343 g/mol. The van der Waals surface area contributed by atoms with Gasteiger partial charge in [-0.1, -0.05) is 13.0 Å². The summed E-state index contributed by atoms with van der Waals surface area (Å²) in [6.07, 6.45) is 2.69. The molecule has 1 rings (SSSR count). The zero-order chi connectivity index (χ0) is 18.9. The molecule has 0 fully saturated rings. The fraction of sp³-hybridized carbons (Fsp3) is 0.588. The third kappa shape index (κ3) is 7.83. The van der Waals surface area contributed by atoms with Crippen LogP contribution in [0.25, 0.3) is 0 Å². The Morgan fingerprint density at radius 2 is 1.96 bits per heavy atom. The summed E-state index contributed by atoms with van der Waals surface area (Å²) in [5.74, 6) is 0.448. The van der Waals surface area contributed by atoms with Gasteiger partial charge in [0.15, 0.2) is 5.96 Å². The van der Waals surface area contributed by atoms with Crippen molar-refractivity contribution < 1.29 is 12.8 Å². The molecular formula is C17H29FN4O2S. The zero-order valence-corrected chi connectivity index (χ0v) is 16.3. The average molecular weight is 373 g/mol. The molecule has 0 spiro atoms. The molecule has 0 aliphatic rings. The van der Waals surface area contributed by atoms with Crippen LogP contribution in [0.3, 0.4) is 0 Å². The van der Waals surface area contributed by atoms with E-state index in [2.05, 4.69) is 15.6 Å². The van der Waals surface area contributed by atoms with E-state index in [1.54, 1.807) is 13.1 Å². The largest absolute Gasteiger partial charge is 0.356 e. The Kier molecular flexibility index (Phi) is 8.85. The summed E-state index contributed by atoms with van der Waals surface area (Å²) in [4.78, 5) is 4.14. The van der Waals surface area contributed by atoms with Crippen molar-refractivity contribution in [3.8, 4) is 0 Å². The van der Waals surface area contributed by atoms with Crippen LogP contribution in [-0.2, 0) is 16.4 Å². The van der Waals surface area contributed by atoms with E-state index >= 15 is 0 Å². The molecule has 0 unspecified atom stereocenters. The number of rotatable bonds is 9. The second-order valence-corrected chi connectivity index (χ2v) is 7.84. The summed E-state index contributed by atoms with van der Waals surface area (Å²) in [6, 6.07) is 4.80. The third-order valence-corrected chi connectivity index (χ3v) is 5.29. The van der Waals surface area contributed by atoms with Crippen LogP contribution in [0.1, 0.15) is 24.5 Å². The minimum atomic E-state index is -3.14. The van der Waals surface area contributed by atoms with Crippen LogP contribution in [0.5, 0.6) is 0 Å². The van der Waals surface area contributed by atoms with Gasteiger partial charge in [0.05, 0.1) is 6.26 Å². The molecule has 0 aromatic heterocycles. The van der Waals surface area contributed by atoms with E-state index in [-0.39, 0.29) is 5.82 Å². The lowest BCUT2D eigenvalue weighted by atomic mass is 10.1. The fourth-order valence-electron chi connectivity index (χ4n) is 2.50. The van der Waals surface area contributed by atoms with Crippen LogP contribution in [-0.4, -0.2) is 58.2 Å². The van der Waals surface area contributed by atoms with Crippen LogP contribution in [0, 0.1) is 12.7 Å². The Balaban J connectivity index is 2.33. The highest BCUT2D eigenvalue weighted by molar-refractivity contribution is 7.88. The molecule has 2 N–H and O–H groups in total. The number of sulfonamides is 1. The van der Waals surface area contributed by atoms with Crippen molar-refractivity contribution in [3.05, 3.63) is 35.1 Å². The Morgan fingerprint density at radius 1 is 1.28 bits per heavy atom. The van der Waals surface area contributed by atoms with Gasteiger partial charge in [0, 0.05) is 33.2 Å². The molecule has 0 saturated heterocycles. The van der Waals surface area contributed by atoms with E-state index in [1.807, 2.05) is 13.8 Å². The lowest BCUT2D eigenvalue weighted by Crippen LogP contribution is -2.40. The maximum Gasteiger partial charge on any atom is 0.211 e. The number of benzene rings is 1. The van der Waals surface area contributed by atoms with Gasteiger partial charge in [-0.25, -0.2) is 17.1 Å². The molecule has 0 bridgehead atoms. The summed E-state index contributed by atoms with van der Waals surface area (Å²) in [7, 11) is -1.45. The maximum absolute atomic E-state index is 13.1. The lowest BCUT2D eigenvalue weighted by Gasteiger charge is -2.18. The standard InChI is InChI=1S/C17H29FN4O2S/c1-5-22(25(4,23)24)12-6-10-20-17(19-3)21-11-9-15-7-8-16(18)13-14(15)2/h7-8,13H,5-6,9-12H2,1-4H3,(H2,19,20,21). The van der Waals surface area contributed by atoms with Gasteiger partial charge in [0.2, 0.25) is 10.0 Å². The number of halogens is 1. The minimum Gasteiger partial charge on any atom is -0.356 e. The van der Waals surface area contributed by atoms with Crippen LogP contribution < -0.4 is 10.6 Å². The van der Waals surface area contributed by atoms with Gasteiger partial charge >= 0.3 is 0 Å². The first kappa shape index (κ1) is 21.4. The molecule has 0 aliphatic carbocycles. The number of nitrogens with one attached hydrogen (secondary N) is 2. The number of guanidine groups is 1. The normalized spacial score (nSPS) is 12.5. The monoisotopic (exact) mass is 372 g/mol. The molecule has 0 aliphatic heterocycles. The van der Waals surface area contributed by atoms with E-state index in [9.17, 15) is 12.8 Å². The highest BCUT2D eigenvalue weighted by atomic mass is 32.2. The van der Waals surface area contributed by atoms with Crippen molar-refractivity contribution in [3.63, 3.8) is 0 Å². The molecule has 0 atom stereocenters. The Morgan fingerprint density at radius 3 is 2.52 bits per heavy atom. The number of hydrogen-bond donors (Lipinski definition) is 2. The molecule has 6 nitrogen and oxygen atoms in total. The van der Waals surface area contributed by atoms with Crippen molar-refractivity contribution >= 4 is 16.0 Å². The molecule has 1 aromatic carbocycles. The number of nitrogens with zero attached hydrogens (tertiary/aromatic N) is 2. The number of aliphatic imine (C=N–C) groups is 1. The summed E-state index contributed by atoms with van der Waals surface area (Å²) < 4.78 is 37.6. The van der Waals surface area contributed by atoms with E-state index in [4.69, 9.17) is 0 Å². The van der Waals surface area contributed by atoms with Crippen molar-refractivity contribution in [2.75, 3.05) is 39.5 Å². The van der Waals surface area contributed by atoms with Crippen molar-refractivity contribution in [2.45, 2.75) is 26.7 Å². The first-order chi connectivity index (χ1) is 11.8. The Hall–Kier alpha value is -1.67. The van der Waals surface area contributed by atoms with E-state index in [1.165, 1.54) is 22.7 Å². The molecule has 0 heterocycles. The second-order valence-electron chi connectivity index (χ2n) is 5.85. The summed E-state index contributed by atoms with van der Waals surface area (Å²) in [5.41, 5.74) is 2.03. The van der Waals surface area contributed by atoms with Gasteiger partial charge in [-0.2, -0.15) is 0 Å². The van der Waals surface area contributed by atoms with Crippen LogP contribution >= 0.6 is 0 Å². The van der Waals surface area contributed by atoms with Crippen molar-refractivity contribution in [1.29, 1.82) is 0 Å². The van der Waals surface area contributed by atoms with Gasteiger partial charge in [0.1, 0.15) is 5.82 Å². The lowest BCUT2D eigenvalue weighted by molar-refractivity contribution is 0.424. The fourth-order valence-corrected chi connectivity index (χ4v) is 3.43. The highest BCUT2D eigenvalue weighted by Crippen LogP contribution is 2.10. The topological polar surface area (TPSA) is 73.8 Å². The highest BCUT2D eigenvalue weighted by Gasteiger charge is 2.13. The summed E-state index contributed by atoms with van der Waals surface area (Å²) in [5, 5.41) is 6.37. The van der Waals surface area contributed by atoms with Crippen LogP contribution in [0.15, 0.2) is 23.2 Å². The van der Waals surface area contributed by atoms with Crippen molar-refractivity contribution in [2.24, 2.45) is 4.99 Å². The van der Waals surface area contributed by atoms with Crippen LogP contribution in [0.4, 0.5) is 4.39 Å². The first-order valence-corrected chi connectivity index (χ1v) is 10.3. The molecule has 8 heteroatoms. The predicted molar refractivity (Wildman–Crippen MR) is 101 cm³/mol. The summed E-state index contributed by atoms with van der Waals surface area (Å²) in [6.45, 7) is 5.98. The van der Waals surface area contributed by atoms with Crippen LogP contribution in [0.2, 0.25) is 0 Å². The maximum atomic E-state index is 13.1. The molecule has 0 saturated carbocycles. The summed E-state index contributed by atoms with van der Waals surface area (Å²) >= 11 is 0. The molecule has 0 radical (unpaired) electrons. The predicted octanol–water partition coefficient (Wildman–Crippen LogP) is 1.51. The third-order valence-electron chi connectivity index (χ3n) is 3.91. The smallest absolute Gasteiger partial charge is 0.211 e. The quantitative estimate of drug-likeness (QED) is 0.392. The first-order valence-electron chi connectivity index (χ1n) is 8.42. The van der Waals surface area contributed by atoms with Gasteiger partial charge in [0.25, 0.3) is 0 Å². The molecule has 1 aromatic rings. The van der Waals surface area contributed by atoms with Gasteiger partial charge in [-0.15, -0.1) is 0 Å². The van der Waals surface area contributed by atoms with E-state index in [0.29, 0.717) is 38.6 Å². The van der Waals surface area contributed by atoms with E-state index < -0.39 is 10.0 Å². The SMILES string of the molecule is CCN(CCCNC(=NC)NCCc1ccc(F)cc1C)S(C)(=O)=O. The Bertz CT molecular complexity index is 677. The van der Waals surface area contributed by atoms with E-state index in [0.717, 1.165) is 17.5 Å². The molecule has 0 amide bonds.